The van der Waals surface area contributed by atoms with E-state index in [1.165, 1.54) is 23.5 Å². The van der Waals surface area contributed by atoms with E-state index in [9.17, 15) is 14.4 Å². The van der Waals surface area contributed by atoms with Gasteiger partial charge in [-0.2, -0.15) is 0 Å². The first-order valence-electron chi connectivity index (χ1n) is 8.88. The largest absolute Gasteiger partial charge is 0.480 e. The van der Waals surface area contributed by atoms with Crippen LogP contribution in [-0.4, -0.2) is 40.6 Å². The summed E-state index contributed by atoms with van der Waals surface area (Å²) in [7, 11) is 0. The molecule has 0 unspecified atom stereocenters. The molecule has 7 N–H and O–H groups in total. The van der Waals surface area contributed by atoms with Gasteiger partial charge >= 0.3 is 11.9 Å². The first-order valence-corrected chi connectivity index (χ1v) is 9.76. The van der Waals surface area contributed by atoms with Gasteiger partial charge in [-0.3, -0.25) is 9.59 Å². The van der Waals surface area contributed by atoms with Crippen molar-refractivity contribution in [1.29, 1.82) is 0 Å². The van der Waals surface area contributed by atoms with Gasteiger partial charge in [0.1, 0.15) is 6.04 Å². The molecule has 0 saturated heterocycles. The Bertz CT molecular complexity index is 821. The summed E-state index contributed by atoms with van der Waals surface area (Å²) in [6.45, 7) is 0.604. The molecule has 2 rings (SSSR count). The minimum atomic E-state index is -1.07. The van der Waals surface area contributed by atoms with Crippen molar-refractivity contribution in [3.8, 4) is 0 Å². The van der Waals surface area contributed by atoms with Crippen molar-refractivity contribution < 1.29 is 24.6 Å². The number of anilines is 1. The molecule has 2 aromatic rings. The van der Waals surface area contributed by atoms with E-state index in [4.69, 9.17) is 21.7 Å². The summed E-state index contributed by atoms with van der Waals surface area (Å²) in [6, 6.07) is 9.35. The number of carboxylic acids is 2. The summed E-state index contributed by atoms with van der Waals surface area (Å²) >= 11 is 1.52. The fourth-order valence-corrected chi connectivity index (χ4v) is 2.75. The number of unbranched alkanes of at least 4 members (excludes halogenated alkanes) is 1. The van der Waals surface area contributed by atoms with Gasteiger partial charge in [-0.15, -0.1) is 11.3 Å². The minimum absolute atomic E-state index is 0.0698. The van der Waals surface area contributed by atoms with Gasteiger partial charge in [0.2, 0.25) is 5.91 Å². The Kier molecular flexibility index (Phi) is 10.9. The Labute approximate surface area is 172 Å². The number of aromatic carboxylic acids is 1. The highest BCUT2D eigenvalue weighted by atomic mass is 32.1. The fraction of sp³-hybridized carbons (Fsp3) is 0.250. The number of amides is 1. The number of para-hydroxylation sites is 1. The van der Waals surface area contributed by atoms with Crippen LogP contribution in [0.2, 0.25) is 0 Å². The lowest BCUT2D eigenvalue weighted by Gasteiger charge is -2.05. The van der Waals surface area contributed by atoms with Crippen LogP contribution in [-0.2, 0) is 9.59 Å². The number of benzene rings is 1. The minimum Gasteiger partial charge on any atom is -0.480 e. The third-order valence-corrected chi connectivity index (χ3v) is 4.48. The quantitative estimate of drug-likeness (QED) is 0.309. The van der Waals surface area contributed by atoms with E-state index in [0.29, 0.717) is 13.0 Å². The number of thiophene rings is 1. The summed E-state index contributed by atoms with van der Waals surface area (Å²) < 4.78 is 0. The van der Waals surface area contributed by atoms with E-state index < -0.39 is 18.0 Å². The van der Waals surface area contributed by atoms with Crippen LogP contribution >= 0.6 is 11.3 Å². The molecule has 0 fully saturated rings. The van der Waals surface area contributed by atoms with Crippen LogP contribution in [0.15, 0.2) is 47.9 Å². The van der Waals surface area contributed by atoms with E-state index >= 15 is 0 Å². The number of nitrogens with two attached hydrogens (primary N) is 2. The van der Waals surface area contributed by atoms with Crippen molar-refractivity contribution in [2.75, 3.05) is 11.9 Å². The second-order valence-electron chi connectivity index (χ2n) is 5.92. The van der Waals surface area contributed by atoms with Gasteiger partial charge in [-0.25, -0.2) is 4.79 Å². The number of hydrogen-bond acceptors (Lipinski definition) is 6. The molecule has 0 aliphatic rings. The predicted octanol–water partition coefficient (Wildman–Crippen LogP) is 2.63. The molecule has 156 valence electrons. The molecule has 0 spiro atoms. The molecule has 0 aliphatic heterocycles. The van der Waals surface area contributed by atoms with Crippen molar-refractivity contribution in [3.05, 3.63) is 58.3 Å². The van der Waals surface area contributed by atoms with Gasteiger partial charge in [-0.1, -0.05) is 24.6 Å². The van der Waals surface area contributed by atoms with Crippen molar-refractivity contribution in [2.24, 2.45) is 11.5 Å². The second kappa shape index (κ2) is 13.2. The lowest BCUT2D eigenvalue weighted by molar-refractivity contribution is -0.138. The van der Waals surface area contributed by atoms with Crippen molar-refractivity contribution in [2.45, 2.75) is 25.3 Å². The van der Waals surface area contributed by atoms with Crippen LogP contribution in [0.3, 0.4) is 0 Å². The van der Waals surface area contributed by atoms with Crippen molar-refractivity contribution in [1.82, 2.24) is 0 Å². The summed E-state index contributed by atoms with van der Waals surface area (Å²) in [5, 5.41) is 21.8. The summed E-state index contributed by atoms with van der Waals surface area (Å²) in [5.41, 5.74) is 10.8. The lowest BCUT2D eigenvalue weighted by Crippen LogP contribution is -2.29. The van der Waals surface area contributed by atoms with E-state index in [1.54, 1.807) is 24.3 Å². The molecular weight excluding hydrogens is 394 g/mol. The number of carbonyl (C=O) groups excluding carboxylic acids is 1. The molecule has 1 aromatic carbocycles. The Hall–Kier alpha value is -3.01. The lowest BCUT2D eigenvalue weighted by atomic mass is 10.1. The number of nitrogens with one attached hydrogen (secondary N) is 1. The molecule has 0 saturated carbocycles. The number of hydrogen-bond donors (Lipinski definition) is 5. The smallest absolute Gasteiger partial charge is 0.337 e. The van der Waals surface area contributed by atoms with Crippen LogP contribution in [0, 0.1) is 0 Å². The van der Waals surface area contributed by atoms with Crippen LogP contribution in [0.5, 0.6) is 0 Å². The maximum atomic E-state index is 11.7. The van der Waals surface area contributed by atoms with Crippen molar-refractivity contribution >= 4 is 40.9 Å². The molecule has 0 bridgehead atoms. The third kappa shape index (κ3) is 9.65. The van der Waals surface area contributed by atoms with Crippen LogP contribution in [0.25, 0.3) is 6.08 Å². The topological polar surface area (TPSA) is 156 Å². The normalized spacial score (nSPS) is 11.4. The summed E-state index contributed by atoms with van der Waals surface area (Å²) in [6.07, 6.45) is 5.23. The van der Waals surface area contributed by atoms with Gasteiger partial charge in [0.05, 0.1) is 11.3 Å². The average molecular weight is 420 g/mol. The first kappa shape index (κ1) is 24.0. The number of rotatable bonds is 9. The maximum Gasteiger partial charge on any atom is 0.337 e. The zero-order valence-corrected chi connectivity index (χ0v) is 16.6. The molecular formula is C20H25N3O5S. The van der Waals surface area contributed by atoms with Gasteiger partial charge in [0.15, 0.2) is 0 Å². The Morgan fingerprint density at radius 1 is 1.10 bits per heavy atom. The standard InChI is InChI=1S/C14H11NO3S.C6H14N2O2/c16-13(8-7-10-4-3-9-19-10)15-12-6-2-1-5-11(12)14(17)18;7-4-2-1-3-5(8)6(9)10/h1-9H,(H,15,16)(H,17,18);5H,1-4,7-8H2,(H,9,10)/t;5-/m.0/s1. The van der Waals surface area contributed by atoms with Gasteiger partial charge in [-0.05, 0) is 49.0 Å². The van der Waals surface area contributed by atoms with E-state index in [1.807, 2.05) is 17.5 Å². The molecule has 1 atom stereocenters. The van der Waals surface area contributed by atoms with E-state index in [2.05, 4.69) is 5.32 Å². The van der Waals surface area contributed by atoms with Crippen LogP contribution in [0.1, 0.15) is 34.5 Å². The zero-order chi connectivity index (χ0) is 21.6. The molecule has 29 heavy (non-hydrogen) atoms. The van der Waals surface area contributed by atoms with Crippen LogP contribution in [0.4, 0.5) is 5.69 Å². The molecule has 8 nitrogen and oxygen atoms in total. The molecule has 1 amide bonds. The zero-order valence-electron chi connectivity index (χ0n) is 15.8. The second-order valence-corrected chi connectivity index (χ2v) is 6.90. The summed E-state index contributed by atoms with van der Waals surface area (Å²) in [5.74, 6) is -2.36. The molecule has 1 aromatic heterocycles. The van der Waals surface area contributed by atoms with Crippen molar-refractivity contribution in [3.63, 3.8) is 0 Å². The average Bonchev–Trinajstić information content (AvgIpc) is 3.21. The highest BCUT2D eigenvalue weighted by molar-refractivity contribution is 7.10. The Morgan fingerprint density at radius 3 is 2.41 bits per heavy atom. The number of aliphatic carboxylic acids is 1. The van der Waals surface area contributed by atoms with Gasteiger partial charge in [0.25, 0.3) is 0 Å². The Morgan fingerprint density at radius 2 is 1.83 bits per heavy atom. The van der Waals surface area contributed by atoms with Gasteiger partial charge in [0, 0.05) is 11.0 Å². The van der Waals surface area contributed by atoms with E-state index in [-0.39, 0.29) is 17.2 Å². The SMILES string of the molecule is NCCCC[C@H](N)C(=O)O.O=C(C=Cc1cccs1)Nc1ccccc1C(=O)O. The van der Waals surface area contributed by atoms with E-state index in [0.717, 1.165) is 17.7 Å². The monoisotopic (exact) mass is 419 g/mol. The van der Waals surface area contributed by atoms with Crippen LogP contribution < -0.4 is 16.8 Å². The molecule has 0 radical (unpaired) electrons. The highest BCUT2D eigenvalue weighted by Crippen LogP contribution is 2.15. The third-order valence-electron chi connectivity index (χ3n) is 3.64. The van der Waals surface area contributed by atoms with Gasteiger partial charge < -0.3 is 27.0 Å². The first-order chi connectivity index (χ1) is 13.8. The number of carboxylic acid groups (broad SMARTS) is 2. The fourth-order valence-electron chi connectivity index (χ4n) is 2.13. The predicted molar refractivity (Wildman–Crippen MR) is 114 cm³/mol. The molecule has 1 heterocycles. The summed E-state index contributed by atoms with van der Waals surface area (Å²) in [4.78, 5) is 33.8. The molecule has 9 heteroatoms. The maximum absolute atomic E-state index is 11.7. The number of carbonyl (C=O) groups is 3. The Balaban J connectivity index is 0.000000359. The highest BCUT2D eigenvalue weighted by Gasteiger charge is 2.10. The molecule has 0 aliphatic carbocycles.